The lowest BCUT2D eigenvalue weighted by molar-refractivity contribution is -0.130. The van der Waals surface area contributed by atoms with Gasteiger partial charge in [0.05, 0.1) is 11.6 Å². The summed E-state index contributed by atoms with van der Waals surface area (Å²) in [4.78, 5) is 25.0. The molecule has 0 spiro atoms. The molecule has 0 aliphatic carbocycles. The molecule has 2 aromatic carbocycles. The van der Waals surface area contributed by atoms with Gasteiger partial charge in [0, 0.05) is 23.4 Å². The molecule has 3 atom stereocenters. The lowest BCUT2D eigenvalue weighted by Gasteiger charge is -2.34. The maximum absolute atomic E-state index is 12.7. The second-order valence-electron chi connectivity index (χ2n) is 7.83. The molecule has 31 heavy (non-hydrogen) atoms. The molecule has 3 amide bonds. The largest absolute Gasteiger partial charge is 0.324 e. The Bertz CT molecular complexity index is 1080. The van der Waals surface area contributed by atoms with E-state index >= 15 is 0 Å². The Morgan fingerprint density at radius 2 is 1.74 bits per heavy atom. The molecule has 4 rings (SSSR count). The third kappa shape index (κ3) is 4.59. The molecule has 1 fully saturated rings. The van der Waals surface area contributed by atoms with Gasteiger partial charge in [-0.25, -0.2) is 9.48 Å². The summed E-state index contributed by atoms with van der Waals surface area (Å²) in [5.74, 6) is 0.229. The SMILES string of the molecule is Cc1ccc(NC(=O)Nc2cc(-c3ccccc3)nn2C2NC(=O)C(C)C(C)N2)cc1. The Morgan fingerprint density at radius 1 is 1.03 bits per heavy atom. The van der Waals surface area contributed by atoms with Crippen molar-refractivity contribution >= 4 is 23.4 Å². The molecule has 8 heteroatoms. The molecule has 8 nitrogen and oxygen atoms in total. The first-order chi connectivity index (χ1) is 14.9. The van der Waals surface area contributed by atoms with Crippen LogP contribution in [0.3, 0.4) is 0 Å². The molecule has 0 saturated carbocycles. The number of amides is 3. The van der Waals surface area contributed by atoms with Crippen molar-refractivity contribution in [1.29, 1.82) is 0 Å². The highest BCUT2D eigenvalue weighted by molar-refractivity contribution is 5.99. The Labute approximate surface area is 181 Å². The first kappa shape index (κ1) is 20.6. The summed E-state index contributed by atoms with van der Waals surface area (Å²) in [6, 6.07) is 18.6. The Morgan fingerprint density at radius 3 is 2.42 bits per heavy atom. The highest BCUT2D eigenvalue weighted by Gasteiger charge is 2.32. The van der Waals surface area contributed by atoms with Gasteiger partial charge in [0.15, 0.2) is 6.29 Å². The van der Waals surface area contributed by atoms with Crippen molar-refractivity contribution in [2.24, 2.45) is 5.92 Å². The highest BCUT2D eigenvalue weighted by atomic mass is 16.2. The summed E-state index contributed by atoms with van der Waals surface area (Å²) in [6.45, 7) is 5.81. The first-order valence-electron chi connectivity index (χ1n) is 10.3. The van der Waals surface area contributed by atoms with E-state index in [9.17, 15) is 9.59 Å². The Kier molecular flexibility index (Phi) is 5.73. The van der Waals surface area contributed by atoms with E-state index in [0.717, 1.165) is 11.1 Å². The maximum atomic E-state index is 12.7. The maximum Gasteiger partial charge on any atom is 0.324 e. The van der Waals surface area contributed by atoms with Gasteiger partial charge >= 0.3 is 6.03 Å². The summed E-state index contributed by atoms with van der Waals surface area (Å²) >= 11 is 0. The van der Waals surface area contributed by atoms with Crippen LogP contribution in [0.4, 0.5) is 16.3 Å². The van der Waals surface area contributed by atoms with Gasteiger partial charge in [0.25, 0.3) is 0 Å². The smallest absolute Gasteiger partial charge is 0.322 e. The Balaban J connectivity index is 1.61. The van der Waals surface area contributed by atoms with E-state index in [1.54, 1.807) is 10.7 Å². The van der Waals surface area contributed by atoms with Gasteiger partial charge in [-0.15, -0.1) is 0 Å². The summed E-state index contributed by atoms with van der Waals surface area (Å²) < 4.78 is 1.59. The second-order valence-corrected chi connectivity index (χ2v) is 7.83. The van der Waals surface area contributed by atoms with Gasteiger partial charge < -0.3 is 10.6 Å². The number of anilines is 2. The number of urea groups is 1. The lowest BCUT2D eigenvalue weighted by Crippen LogP contribution is -2.57. The van der Waals surface area contributed by atoms with Crippen molar-refractivity contribution in [3.63, 3.8) is 0 Å². The van der Waals surface area contributed by atoms with E-state index < -0.39 is 12.3 Å². The van der Waals surface area contributed by atoms with Crippen molar-refractivity contribution in [2.45, 2.75) is 33.1 Å². The highest BCUT2D eigenvalue weighted by Crippen LogP contribution is 2.25. The average Bonchev–Trinajstić information content (AvgIpc) is 3.17. The molecule has 1 aromatic heterocycles. The van der Waals surface area contributed by atoms with E-state index in [1.807, 2.05) is 75.4 Å². The molecule has 2 heterocycles. The molecule has 3 aromatic rings. The van der Waals surface area contributed by atoms with E-state index in [2.05, 4.69) is 26.4 Å². The Hall–Kier alpha value is -3.65. The summed E-state index contributed by atoms with van der Waals surface area (Å²) in [5.41, 5.74) is 3.39. The lowest BCUT2D eigenvalue weighted by atomic mass is 10.0. The van der Waals surface area contributed by atoms with E-state index in [4.69, 9.17) is 0 Å². The normalized spacial score (nSPS) is 20.7. The summed E-state index contributed by atoms with van der Waals surface area (Å²) in [5, 5.41) is 16.6. The molecule has 1 aliphatic rings. The topological polar surface area (TPSA) is 100 Å². The average molecular weight is 419 g/mol. The van der Waals surface area contributed by atoms with Crippen molar-refractivity contribution in [2.75, 3.05) is 10.6 Å². The standard InChI is InChI=1S/C23H26N6O2/c1-14-9-11-18(12-10-14)25-23(31)26-20-13-19(17-7-5-4-6-8-17)28-29(20)22-24-16(3)15(2)21(30)27-22/h4-13,15-16,22,24H,1-3H3,(H,27,30)(H2,25,26,31). The molecule has 0 radical (unpaired) electrons. The second kappa shape index (κ2) is 8.61. The molecule has 160 valence electrons. The predicted molar refractivity (Wildman–Crippen MR) is 120 cm³/mol. The number of hydrogen-bond acceptors (Lipinski definition) is 4. The number of carbonyl (C=O) groups is 2. The monoisotopic (exact) mass is 418 g/mol. The number of hydrogen-bond donors (Lipinski definition) is 4. The molecular formula is C23H26N6O2. The van der Waals surface area contributed by atoms with Gasteiger partial charge in [-0.05, 0) is 26.0 Å². The summed E-state index contributed by atoms with van der Waals surface area (Å²) in [7, 11) is 0. The number of aryl methyl sites for hydroxylation is 1. The summed E-state index contributed by atoms with van der Waals surface area (Å²) in [6.07, 6.45) is -0.578. The molecule has 0 bridgehead atoms. The molecule has 4 N–H and O–H groups in total. The third-order valence-electron chi connectivity index (χ3n) is 5.46. The molecule has 3 unspecified atom stereocenters. The zero-order chi connectivity index (χ0) is 22.0. The van der Waals surface area contributed by atoms with E-state index in [1.165, 1.54) is 0 Å². The number of aromatic nitrogens is 2. The van der Waals surface area contributed by atoms with E-state index in [0.29, 0.717) is 17.2 Å². The van der Waals surface area contributed by atoms with Crippen LogP contribution < -0.4 is 21.3 Å². The fourth-order valence-electron chi connectivity index (χ4n) is 3.41. The van der Waals surface area contributed by atoms with Crippen molar-refractivity contribution < 1.29 is 9.59 Å². The van der Waals surface area contributed by atoms with Gasteiger partial charge in [-0.3, -0.25) is 15.4 Å². The molecule has 1 aliphatic heterocycles. The zero-order valence-corrected chi connectivity index (χ0v) is 17.7. The fraction of sp³-hybridized carbons (Fsp3) is 0.261. The minimum atomic E-state index is -0.578. The van der Waals surface area contributed by atoms with Crippen LogP contribution in [0.1, 0.15) is 25.7 Å². The van der Waals surface area contributed by atoms with Crippen molar-refractivity contribution in [1.82, 2.24) is 20.4 Å². The number of carbonyl (C=O) groups excluding carboxylic acids is 2. The van der Waals surface area contributed by atoms with Crippen LogP contribution in [-0.4, -0.2) is 27.8 Å². The van der Waals surface area contributed by atoms with Crippen LogP contribution in [0.25, 0.3) is 11.3 Å². The van der Waals surface area contributed by atoms with Crippen LogP contribution >= 0.6 is 0 Å². The van der Waals surface area contributed by atoms with Gasteiger partial charge in [0.1, 0.15) is 5.82 Å². The quantitative estimate of drug-likeness (QED) is 0.519. The van der Waals surface area contributed by atoms with Crippen LogP contribution in [0, 0.1) is 12.8 Å². The van der Waals surface area contributed by atoms with Crippen LogP contribution in [-0.2, 0) is 4.79 Å². The minimum Gasteiger partial charge on any atom is -0.322 e. The number of nitrogens with one attached hydrogen (secondary N) is 4. The molecule has 1 saturated heterocycles. The van der Waals surface area contributed by atoms with E-state index in [-0.39, 0.29) is 17.9 Å². The van der Waals surface area contributed by atoms with Gasteiger partial charge in [0.2, 0.25) is 5.91 Å². The third-order valence-corrected chi connectivity index (χ3v) is 5.46. The minimum absolute atomic E-state index is 0.0441. The van der Waals surface area contributed by atoms with Crippen LogP contribution in [0.5, 0.6) is 0 Å². The predicted octanol–water partition coefficient (Wildman–Crippen LogP) is 3.70. The van der Waals surface area contributed by atoms with Crippen molar-refractivity contribution in [3.05, 3.63) is 66.2 Å². The number of benzene rings is 2. The van der Waals surface area contributed by atoms with Gasteiger partial charge in [-0.1, -0.05) is 55.0 Å². The number of rotatable bonds is 4. The van der Waals surface area contributed by atoms with Crippen LogP contribution in [0.15, 0.2) is 60.7 Å². The van der Waals surface area contributed by atoms with Crippen LogP contribution in [0.2, 0.25) is 0 Å². The zero-order valence-electron chi connectivity index (χ0n) is 17.7. The van der Waals surface area contributed by atoms with Gasteiger partial charge in [-0.2, -0.15) is 5.10 Å². The molecular weight excluding hydrogens is 392 g/mol. The fourth-order valence-corrected chi connectivity index (χ4v) is 3.41. The van der Waals surface area contributed by atoms with Crippen molar-refractivity contribution in [3.8, 4) is 11.3 Å². The number of nitrogens with zero attached hydrogens (tertiary/aromatic N) is 2. The first-order valence-corrected chi connectivity index (χ1v) is 10.3.